The number of aldehydes is 1. The zero-order valence-corrected chi connectivity index (χ0v) is 38.0. The predicted molar refractivity (Wildman–Crippen MR) is 241 cm³/mol. The number of likely N-dealkylation sites (tertiary alicyclic amines) is 1. The Hall–Kier alpha value is -0.980. The highest BCUT2D eigenvalue weighted by atomic mass is 16.2. The van der Waals surface area contributed by atoms with Crippen molar-refractivity contribution in [3.05, 3.63) is 0 Å². The summed E-state index contributed by atoms with van der Waals surface area (Å²) in [5.41, 5.74) is 0. The first-order chi connectivity index (χ1) is 27.1. The van der Waals surface area contributed by atoms with Crippen molar-refractivity contribution >= 4 is 12.2 Å². The van der Waals surface area contributed by atoms with Crippen LogP contribution in [-0.4, -0.2) is 104 Å². The van der Waals surface area contributed by atoms with E-state index in [1.807, 2.05) is 0 Å². The highest BCUT2D eigenvalue weighted by Crippen LogP contribution is 2.20. The van der Waals surface area contributed by atoms with Crippen LogP contribution in [0.15, 0.2) is 0 Å². The minimum Gasteiger partial charge on any atom is -0.341 e. The van der Waals surface area contributed by atoms with E-state index in [1.54, 1.807) is 0 Å². The topological polar surface area (TPSA) is 47.1 Å². The lowest BCUT2D eigenvalue weighted by molar-refractivity contribution is -0.131. The molecule has 0 radical (unpaired) electrons. The van der Waals surface area contributed by atoms with E-state index in [0.717, 1.165) is 71.5 Å². The van der Waals surface area contributed by atoms with Crippen molar-refractivity contribution in [2.24, 2.45) is 5.92 Å². The smallest absolute Gasteiger partial charge is 0.236 e. The lowest BCUT2D eigenvalue weighted by Gasteiger charge is -2.29. The second-order valence-electron chi connectivity index (χ2n) is 17.7. The Morgan fingerprint density at radius 1 is 0.473 bits per heavy atom. The van der Waals surface area contributed by atoms with Crippen LogP contribution in [0.4, 0.5) is 0 Å². The number of hydrogen-bond donors (Lipinski definition) is 0. The summed E-state index contributed by atoms with van der Waals surface area (Å²) in [4.78, 5) is 35.1. The van der Waals surface area contributed by atoms with Gasteiger partial charge in [0.05, 0.1) is 6.54 Å². The van der Waals surface area contributed by atoms with E-state index in [2.05, 4.69) is 47.3 Å². The first-order valence-electron chi connectivity index (χ1n) is 25.0. The second-order valence-corrected chi connectivity index (χ2v) is 17.7. The van der Waals surface area contributed by atoms with Crippen LogP contribution in [0.3, 0.4) is 0 Å². The van der Waals surface area contributed by atoms with Crippen molar-refractivity contribution in [2.45, 2.75) is 227 Å². The van der Waals surface area contributed by atoms with Crippen molar-refractivity contribution in [1.82, 2.24) is 19.6 Å². The summed E-state index contributed by atoms with van der Waals surface area (Å²) in [5.74, 6) is 0.913. The normalized spacial score (nSPS) is 14.7. The molecular weight excluding hydrogens is 677 g/mol. The Balaban J connectivity index is 2.75. The molecule has 1 heterocycles. The number of hydrogen-bond acceptors (Lipinski definition) is 5. The van der Waals surface area contributed by atoms with Crippen LogP contribution in [0.1, 0.15) is 227 Å². The van der Waals surface area contributed by atoms with Crippen LogP contribution >= 0.6 is 0 Å². The molecule has 1 atom stereocenters. The fourth-order valence-electron chi connectivity index (χ4n) is 8.62. The van der Waals surface area contributed by atoms with Crippen LogP contribution < -0.4 is 0 Å². The SMILES string of the molecule is CCCCCCCCCN(CCCCCCCCC)CCN(CCCCCCCCC)CC(=O)N1CCC(CN(CCCC=O)CCCCCCCCC)C1. The van der Waals surface area contributed by atoms with Gasteiger partial charge in [-0.2, -0.15) is 0 Å². The van der Waals surface area contributed by atoms with Gasteiger partial charge in [-0.1, -0.05) is 182 Å². The maximum atomic E-state index is 13.9. The van der Waals surface area contributed by atoms with Gasteiger partial charge >= 0.3 is 0 Å². The van der Waals surface area contributed by atoms with E-state index in [1.165, 1.54) is 193 Å². The molecule has 1 aliphatic heterocycles. The maximum absolute atomic E-state index is 13.9. The Bertz CT molecular complexity index is 807. The highest BCUT2D eigenvalue weighted by Gasteiger charge is 2.28. The molecule has 0 aliphatic carbocycles. The van der Waals surface area contributed by atoms with Gasteiger partial charge in [-0.3, -0.25) is 9.69 Å². The van der Waals surface area contributed by atoms with Crippen LogP contribution in [0, 0.1) is 5.92 Å². The number of nitrogens with zero attached hydrogens (tertiary/aromatic N) is 4. The summed E-state index contributed by atoms with van der Waals surface area (Å²) in [7, 11) is 0. The molecule has 0 saturated carbocycles. The maximum Gasteiger partial charge on any atom is 0.236 e. The molecule has 1 rings (SSSR count). The third-order valence-electron chi connectivity index (χ3n) is 12.4. The second kappa shape index (κ2) is 39.8. The van der Waals surface area contributed by atoms with Gasteiger partial charge in [0, 0.05) is 39.1 Å². The Morgan fingerprint density at radius 2 is 0.836 bits per heavy atom. The minimum atomic E-state index is 0.357. The quantitative estimate of drug-likeness (QED) is 0.0456. The zero-order chi connectivity index (χ0) is 39.9. The molecule has 55 heavy (non-hydrogen) atoms. The van der Waals surface area contributed by atoms with Gasteiger partial charge in [-0.25, -0.2) is 0 Å². The first kappa shape index (κ1) is 52.0. The molecule has 1 aliphatic rings. The molecule has 0 bridgehead atoms. The molecule has 0 aromatic rings. The largest absolute Gasteiger partial charge is 0.341 e. The summed E-state index contributed by atoms with van der Waals surface area (Å²) in [6.45, 7) is 20.5. The molecule has 6 heteroatoms. The third kappa shape index (κ3) is 31.7. The average molecular weight is 775 g/mol. The average Bonchev–Trinajstić information content (AvgIpc) is 3.66. The van der Waals surface area contributed by atoms with E-state index >= 15 is 0 Å². The number of amides is 1. The van der Waals surface area contributed by atoms with E-state index in [9.17, 15) is 9.59 Å². The van der Waals surface area contributed by atoms with Crippen LogP contribution in [-0.2, 0) is 9.59 Å². The lowest BCUT2D eigenvalue weighted by Crippen LogP contribution is -2.43. The molecule has 6 nitrogen and oxygen atoms in total. The molecule has 1 amide bonds. The Labute approximate surface area is 345 Å². The monoisotopic (exact) mass is 775 g/mol. The first-order valence-corrected chi connectivity index (χ1v) is 25.0. The van der Waals surface area contributed by atoms with Gasteiger partial charge in [0.15, 0.2) is 0 Å². The van der Waals surface area contributed by atoms with E-state index in [-0.39, 0.29) is 0 Å². The van der Waals surface area contributed by atoms with Crippen LogP contribution in [0.5, 0.6) is 0 Å². The third-order valence-corrected chi connectivity index (χ3v) is 12.4. The van der Waals surface area contributed by atoms with Crippen molar-refractivity contribution < 1.29 is 9.59 Å². The summed E-state index contributed by atoms with van der Waals surface area (Å²) < 4.78 is 0. The molecule has 1 fully saturated rings. The molecule has 326 valence electrons. The summed E-state index contributed by atoms with van der Waals surface area (Å²) >= 11 is 0. The summed E-state index contributed by atoms with van der Waals surface area (Å²) in [6.07, 6.45) is 41.5. The predicted octanol–water partition coefficient (Wildman–Crippen LogP) is 12.7. The number of unbranched alkanes of at least 4 members (excludes halogenated alkanes) is 25. The van der Waals surface area contributed by atoms with E-state index in [0.29, 0.717) is 24.8 Å². The molecule has 1 unspecified atom stereocenters. The zero-order valence-electron chi connectivity index (χ0n) is 38.0. The van der Waals surface area contributed by atoms with Crippen LogP contribution in [0.2, 0.25) is 0 Å². The van der Waals surface area contributed by atoms with Crippen molar-refractivity contribution in [1.29, 1.82) is 0 Å². The minimum absolute atomic E-state index is 0.357. The molecule has 0 aromatic heterocycles. The van der Waals surface area contributed by atoms with Gasteiger partial charge in [0.1, 0.15) is 6.29 Å². The summed E-state index contributed by atoms with van der Waals surface area (Å²) in [6, 6.07) is 0. The van der Waals surface area contributed by atoms with Gasteiger partial charge < -0.3 is 19.5 Å². The van der Waals surface area contributed by atoms with Crippen LogP contribution in [0.25, 0.3) is 0 Å². The fraction of sp³-hybridized carbons (Fsp3) is 0.959. The molecule has 0 spiro atoms. The molecule has 0 N–H and O–H groups in total. The van der Waals surface area contributed by atoms with Crippen molar-refractivity contribution in [3.63, 3.8) is 0 Å². The number of rotatable bonds is 43. The van der Waals surface area contributed by atoms with Gasteiger partial charge in [-0.15, -0.1) is 0 Å². The van der Waals surface area contributed by atoms with Gasteiger partial charge in [0.2, 0.25) is 5.91 Å². The lowest BCUT2D eigenvalue weighted by atomic mass is 10.1. The van der Waals surface area contributed by atoms with Crippen molar-refractivity contribution in [2.75, 3.05) is 72.0 Å². The molecule has 1 saturated heterocycles. The Kier molecular flexibility index (Phi) is 37.7. The standard InChI is InChI=1S/C49H98N4O2/c1-5-9-13-17-21-25-29-36-50(37-30-26-22-18-14-10-6-2)42-43-52(39-32-28-24-20-16-12-8-4)47-49(55)53-41-35-48(46-53)45-51(40-33-34-44-54)38-31-27-23-19-15-11-7-3/h44,48H,5-43,45-47H2,1-4H3. The Morgan fingerprint density at radius 3 is 1.27 bits per heavy atom. The number of carbonyl (C=O) groups excluding carboxylic acids is 2. The highest BCUT2D eigenvalue weighted by molar-refractivity contribution is 5.78. The van der Waals surface area contributed by atoms with E-state index in [4.69, 9.17) is 0 Å². The van der Waals surface area contributed by atoms with Crippen molar-refractivity contribution in [3.8, 4) is 0 Å². The molecular formula is C49H98N4O2. The summed E-state index contributed by atoms with van der Waals surface area (Å²) in [5, 5.41) is 0. The molecule has 0 aromatic carbocycles. The fourth-order valence-corrected chi connectivity index (χ4v) is 8.62. The van der Waals surface area contributed by atoms with Gasteiger partial charge in [0.25, 0.3) is 0 Å². The number of carbonyl (C=O) groups is 2. The van der Waals surface area contributed by atoms with E-state index < -0.39 is 0 Å². The van der Waals surface area contributed by atoms with Gasteiger partial charge in [-0.05, 0) is 77.2 Å².